The summed E-state index contributed by atoms with van der Waals surface area (Å²) in [5, 5.41) is 9.55. The Labute approximate surface area is 148 Å². The summed E-state index contributed by atoms with van der Waals surface area (Å²) >= 11 is 0. The number of carbonyl (C=O) groups is 2. The van der Waals surface area contributed by atoms with Crippen molar-refractivity contribution < 1.29 is 9.59 Å². The molecule has 0 radical (unpaired) electrons. The van der Waals surface area contributed by atoms with E-state index in [2.05, 4.69) is 16.0 Å². The van der Waals surface area contributed by atoms with Crippen molar-refractivity contribution in [1.82, 2.24) is 10.6 Å². The van der Waals surface area contributed by atoms with Gasteiger partial charge in [-0.3, -0.25) is 9.59 Å². The molecule has 3 N–H and O–H groups in total. The molecule has 2 aliphatic carbocycles. The van der Waals surface area contributed by atoms with Crippen LogP contribution in [-0.4, -0.2) is 29.9 Å². The molecule has 3 atom stereocenters. The largest absolute Gasteiger partial charge is 0.349 e. The molecule has 3 fully saturated rings. The summed E-state index contributed by atoms with van der Waals surface area (Å²) in [6.07, 6.45) is 8.03. The Morgan fingerprint density at radius 3 is 2.68 bits per heavy atom. The maximum atomic E-state index is 12.7. The number of nitrogens with one attached hydrogen (secondary N) is 3. The number of rotatable bonds is 4. The van der Waals surface area contributed by atoms with Crippen molar-refractivity contribution in [2.24, 2.45) is 5.92 Å². The number of anilines is 1. The van der Waals surface area contributed by atoms with Crippen LogP contribution in [0, 0.1) is 12.8 Å². The summed E-state index contributed by atoms with van der Waals surface area (Å²) in [5.41, 5.74) is 2.33. The van der Waals surface area contributed by atoms with Crippen molar-refractivity contribution in [3.05, 3.63) is 29.3 Å². The van der Waals surface area contributed by atoms with Crippen molar-refractivity contribution in [3.63, 3.8) is 0 Å². The van der Waals surface area contributed by atoms with Gasteiger partial charge in [-0.25, -0.2) is 0 Å². The van der Waals surface area contributed by atoms with E-state index < -0.39 is 0 Å². The van der Waals surface area contributed by atoms with Crippen LogP contribution in [0.5, 0.6) is 0 Å². The lowest BCUT2D eigenvalue weighted by molar-refractivity contribution is -0.117. The van der Waals surface area contributed by atoms with Gasteiger partial charge >= 0.3 is 0 Å². The second kappa shape index (κ2) is 6.79. The van der Waals surface area contributed by atoms with Gasteiger partial charge in [0.05, 0.1) is 6.04 Å². The van der Waals surface area contributed by atoms with Gasteiger partial charge < -0.3 is 16.0 Å². The number of amides is 2. The molecule has 1 heterocycles. The molecule has 3 aliphatic rings. The number of fused-ring (bicyclic) bond motifs is 1. The van der Waals surface area contributed by atoms with Crippen LogP contribution < -0.4 is 16.0 Å². The minimum absolute atomic E-state index is 0.0252. The minimum Gasteiger partial charge on any atom is -0.349 e. The third-order valence-electron chi connectivity index (χ3n) is 5.85. The van der Waals surface area contributed by atoms with Crippen molar-refractivity contribution in [1.29, 1.82) is 0 Å². The Morgan fingerprint density at radius 1 is 1.12 bits per heavy atom. The van der Waals surface area contributed by atoms with Crippen LogP contribution in [0.1, 0.15) is 60.9 Å². The third-order valence-corrected chi connectivity index (χ3v) is 5.85. The summed E-state index contributed by atoms with van der Waals surface area (Å²) < 4.78 is 0. The van der Waals surface area contributed by atoms with Crippen molar-refractivity contribution in [2.45, 2.75) is 70.0 Å². The van der Waals surface area contributed by atoms with Crippen LogP contribution >= 0.6 is 0 Å². The lowest BCUT2D eigenvalue weighted by Crippen LogP contribution is -2.40. The van der Waals surface area contributed by atoms with Gasteiger partial charge in [-0.1, -0.05) is 18.9 Å². The second-order valence-corrected chi connectivity index (χ2v) is 7.87. The van der Waals surface area contributed by atoms with E-state index in [9.17, 15) is 9.59 Å². The Morgan fingerprint density at radius 2 is 1.92 bits per heavy atom. The fraction of sp³-hybridized carbons (Fsp3) is 0.600. The first-order valence-electron chi connectivity index (χ1n) is 9.58. The Balaban J connectivity index is 1.42. The average Bonchev–Trinajstić information content (AvgIpc) is 3.31. The summed E-state index contributed by atoms with van der Waals surface area (Å²) in [6, 6.07) is 6.24. The molecule has 0 aromatic heterocycles. The molecule has 1 saturated heterocycles. The zero-order valence-electron chi connectivity index (χ0n) is 14.8. The molecule has 2 saturated carbocycles. The number of aryl methyl sites for hydroxylation is 1. The minimum atomic E-state index is -0.114. The second-order valence-electron chi connectivity index (χ2n) is 7.87. The monoisotopic (exact) mass is 341 g/mol. The quantitative estimate of drug-likeness (QED) is 0.789. The fourth-order valence-electron chi connectivity index (χ4n) is 4.14. The lowest BCUT2D eigenvalue weighted by Gasteiger charge is -2.24. The third kappa shape index (κ3) is 3.71. The molecular formula is C20H27N3O2. The first-order chi connectivity index (χ1) is 12.1. The summed E-state index contributed by atoms with van der Waals surface area (Å²) in [5.74, 6) is 0.613. The molecule has 4 rings (SSSR count). The Hall–Kier alpha value is -1.88. The highest BCUT2D eigenvalue weighted by atomic mass is 16.2. The van der Waals surface area contributed by atoms with E-state index in [0.717, 1.165) is 30.5 Å². The Bertz CT molecular complexity index is 670. The van der Waals surface area contributed by atoms with Gasteiger partial charge in [-0.15, -0.1) is 0 Å². The predicted molar refractivity (Wildman–Crippen MR) is 97.6 cm³/mol. The molecule has 134 valence electrons. The molecule has 0 bridgehead atoms. The first kappa shape index (κ1) is 16.6. The summed E-state index contributed by atoms with van der Waals surface area (Å²) in [4.78, 5) is 24.9. The van der Waals surface area contributed by atoms with Crippen LogP contribution in [0.25, 0.3) is 0 Å². The molecule has 0 spiro atoms. The number of hydrogen-bond acceptors (Lipinski definition) is 3. The predicted octanol–water partition coefficient (Wildman–Crippen LogP) is 2.75. The van der Waals surface area contributed by atoms with E-state index in [1.54, 1.807) is 6.07 Å². The normalized spacial score (nSPS) is 28.3. The maximum absolute atomic E-state index is 12.7. The van der Waals surface area contributed by atoms with Gasteiger partial charge in [0.25, 0.3) is 5.91 Å². The lowest BCUT2D eigenvalue weighted by atomic mass is 9.85. The molecule has 1 aliphatic heterocycles. The smallest absolute Gasteiger partial charge is 0.251 e. The fourth-order valence-corrected chi connectivity index (χ4v) is 4.14. The highest BCUT2D eigenvalue weighted by Gasteiger charge is 2.38. The van der Waals surface area contributed by atoms with E-state index in [1.165, 1.54) is 25.7 Å². The molecule has 25 heavy (non-hydrogen) atoms. The van der Waals surface area contributed by atoms with E-state index >= 15 is 0 Å². The number of benzene rings is 1. The zero-order valence-corrected chi connectivity index (χ0v) is 14.8. The highest BCUT2D eigenvalue weighted by molar-refractivity contribution is 5.99. The van der Waals surface area contributed by atoms with Gasteiger partial charge in [0, 0.05) is 23.3 Å². The van der Waals surface area contributed by atoms with Gasteiger partial charge in [-0.05, 0) is 62.6 Å². The van der Waals surface area contributed by atoms with Crippen LogP contribution in [0.2, 0.25) is 0 Å². The molecule has 5 nitrogen and oxygen atoms in total. The van der Waals surface area contributed by atoms with Crippen molar-refractivity contribution in [3.8, 4) is 0 Å². The first-order valence-corrected chi connectivity index (χ1v) is 9.58. The van der Waals surface area contributed by atoms with Gasteiger partial charge in [0.15, 0.2) is 0 Å². The van der Waals surface area contributed by atoms with Crippen molar-refractivity contribution in [2.75, 3.05) is 5.32 Å². The van der Waals surface area contributed by atoms with Crippen LogP contribution in [0.4, 0.5) is 5.69 Å². The molecule has 2 amide bonds. The zero-order chi connectivity index (χ0) is 17.4. The average molecular weight is 341 g/mol. The summed E-state index contributed by atoms with van der Waals surface area (Å²) in [7, 11) is 0. The number of hydrogen-bond donors (Lipinski definition) is 3. The van der Waals surface area contributed by atoms with Crippen LogP contribution in [0.3, 0.4) is 0 Å². The van der Waals surface area contributed by atoms with Gasteiger partial charge in [-0.2, -0.15) is 0 Å². The Kier molecular flexibility index (Phi) is 4.50. The van der Waals surface area contributed by atoms with Crippen LogP contribution in [-0.2, 0) is 4.79 Å². The highest BCUT2D eigenvalue weighted by Crippen LogP contribution is 2.33. The molecular weight excluding hydrogens is 314 g/mol. The maximum Gasteiger partial charge on any atom is 0.251 e. The SMILES string of the molecule is Cc1ccc(C(=O)NC2CC2)cc1NC(=O)C1CC2CCCCC2N1. The van der Waals surface area contributed by atoms with Crippen LogP contribution in [0.15, 0.2) is 18.2 Å². The summed E-state index contributed by atoms with van der Waals surface area (Å²) in [6.45, 7) is 1.96. The van der Waals surface area contributed by atoms with Crippen molar-refractivity contribution >= 4 is 17.5 Å². The molecule has 3 unspecified atom stereocenters. The number of carbonyl (C=O) groups excluding carboxylic acids is 2. The van der Waals surface area contributed by atoms with E-state index in [0.29, 0.717) is 23.6 Å². The van der Waals surface area contributed by atoms with Gasteiger partial charge in [0.2, 0.25) is 5.91 Å². The van der Waals surface area contributed by atoms with E-state index in [4.69, 9.17) is 0 Å². The molecule has 1 aromatic carbocycles. The topological polar surface area (TPSA) is 70.2 Å². The van der Waals surface area contributed by atoms with E-state index in [-0.39, 0.29) is 17.9 Å². The van der Waals surface area contributed by atoms with E-state index in [1.807, 2.05) is 19.1 Å². The molecule has 5 heteroatoms. The molecule has 1 aromatic rings. The standard InChI is InChI=1S/C20H27N3O2/c1-12-6-7-14(19(24)21-15-8-9-15)11-17(12)23-20(25)18-10-13-4-2-3-5-16(13)22-18/h6-7,11,13,15-16,18,22H,2-5,8-10H2,1H3,(H,21,24)(H,23,25). The van der Waals surface area contributed by atoms with Gasteiger partial charge in [0.1, 0.15) is 0 Å².